The molecule has 4 aromatic heterocycles. The van der Waals surface area contributed by atoms with Crippen molar-refractivity contribution >= 4 is 28.3 Å². The number of hydrogen-bond acceptors (Lipinski definition) is 4. The lowest BCUT2D eigenvalue weighted by Crippen LogP contribution is -2.32. The van der Waals surface area contributed by atoms with E-state index in [1.807, 2.05) is 34.4 Å². The molecule has 0 saturated carbocycles. The number of carbonyl (C=O) groups is 1. The highest BCUT2D eigenvalue weighted by molar-refractivity contribution is 7.13. The lowest BCUT2D eigenvalue weighted by Gasteiger charge is -2.19. The quantitative estimate of drug-likeness (QED) is 0.463. The zero-order valence-electron chi connectivity index (χ0n) is 17.8. The summed E-state index contributed by atoms with van der Waals surface area (Å²) >= 11 is 1.67. The first-order valence-corrected chi connectivity index (χ1v) is 11.2. The molecule has 4 rings (SSSR count). The number of aryl methyl sites for hydroxylation is 2. The topological polar surface area (TPSA) is 64.7 Å². The average molecular weight is 422 g/mol. The van der Waals surface area contributed by atoms with Crippen LogP contribution in [-0.4, -0.2) is 25.2 Å². The molecular formula is C23H27N5OS. The summed E-state index contributed by atoms with van der Waals surface area (Å²) < 4.78 is 4.01. The van der Waals surface area contributed by atoms with E-state index in [2.05, 4.69) is 53.7 Å². The first kappa shape index (κ1) is 20.3. The zero-order chi connectivity index (χ0) is 21.3. The summed E-state index contributed by atoms with van der Waals surface area (Å²) in [6.07, 6.45) is 2.58. The maximum absolute atomic E-state index is 13.1. The van der Waals surface area contributed by atoms with Crippen molar-refractivity contribution in [3.05, 3.63) is 58.9 Å². The van der Waals surface area contributed by atoms with Gasteiger partial charge in [0, 0.05) is 29.4 Å². The van der Waals surface area contributed by atoms with Crippen molar-refractivity contribution in [2.45, 2.75) is 53.2 Å². The highest BCUT2D eigenvalue weighted by Gasteiger charge is 2.22. The van der Waals surface area contributed by atoms with Gasteiger partial charge in [-0.25, -0.2) is 4.98 Å². The summed E-state index contributed by atoms with van der Waals surface area (Å²) in [5, 5.41) is 10.9. The van der Waals surface area contributed by atoms with Crippen molar-refractivity contribution in [2.24, 2.45) is 0 Å². The number of pyridine rings is 1. The van der Waals surface area contributed by atoms with E-state index in [-0.39, 0.29) is 18.5 Å². The zero-order valence-corrected chi connectivity index (χ0v) is 18.7. The molecule has 0 aliphatic carbocycles. The van der Waals surface area contributed by atoms with Gasteiger partial charge < -0.3 is 9.88 Å². The normalized spacial score (nSPS) is 12.4. The summed E-state index contributed by atoms with van der Waals surface area (Å²) in [7, 11) is 0. The molecule has 1 amide bonds. The maximum atomic E-state index is 13.1. The Morgan fingerprint density at radius 3 is 2.73 bits per heavy atom. The largest absolute Gasteiger partial charge is 0.348 e. The Hall–Kier alpha value is -2.93. The summed E-state index contributed by atoms with van der Waals surface area (Å²) in [4.78, 5) is 18.8. The molecule has 1 atom stereocenters. The Kier molecular flexibility index (Phi) is 5.72. The Labute approximate surface area is 180 Å². The van der Waals surface area contributed by atoms with E-state index >= 15 is 0 Å². The fourth-order valence-corrected chi connectivity index (χ4v) is 4.91. The number of amides is 1. The maximum Gasteiger partial charge on any atom is 0.240 e. The minimum absolute atomic E-state index is 0.0224. The summed E-state index contributed by atoms with van der Waals surface area (Å²) in [5.41, 5.74) is 5.08. The predicted octanol–water partition coefficient (Wildman–Crippen LogP) is 4.87. The molecular weight excluding hydrogens is 394 g/mol. The second kappa shape index (κ2) is 8.44. The number of aromatic nitrogens is 4. The number of nitrogens with one attached hydrogen (secondary N) is 1. The fourth-order valence-electron chi connectivity index (χ4n) is 4.16. The molecule has 0 spiro atoms. The van der Waals surface area contributed by atoms with E-state index in [9.17, 15) is 4.79 Å². The SMILES string of the molecule is CC[C@@H](NC(=O)Cn1c(-c2cccs2)cc2cccnc21)c1c(C)nn(CC)c1C. The van der Waals surface area contributed by atoms with Gasteiger partial charge in [-0.2, -0.15) is 5.10 Å². The Bertz CT molecular complexity index is 1170. The van der Waals surface area contributed by atoms with E-state index in [0.717, 1.165) is 51.5 Å². The van der Waals surface area contributed by atoms with Crippen LogP contribution in [0.3, 0.4) is 0 Å². The molecule has 0 unspecified atom stereocenters. The van der Waals surface area contributed by atoms with Gasteiger partial charge >= 0.3 is 0 Å². The second-order valence-corrected chi connectivity index (χ2v) is 8.39. The molecule has 0 radical (unpaired) electrons. The first-order chi connectivity index (χ1) is 14.5. The molecule has 0 bridgehead atoms. The van der Waals surface area contributed by atoms with Crippen LogP contribution < -0.4 is 5.32 Å². The fraction of sp³-hybridized carbons (Fsp3) is 0.348. The van der Waals surface area contributed by atoms with Crippen LogP contribution in [0.25, 0.3) is 21.6 Å². The minimum atomic E-state index is -0.0576. The van der Waals surface area contributed by atoms with Gasteiger partial charge in [-0.15, -0.1) is 11.3 Å². The Morgan fingerprint density at radius 1 is 1.23 bits per heavy atom. The van der Waals surface area contributed by atoms with Gasteiger partial charge in [-0.1, -0.05) is 13.0 Å². The third-order valence-corrected chi connectivity index (χ3v) is 6.45. The highest BCUT2D eigenvalue weighted by Crippen LogP contribution is 2.30. The lowest BCUT2D eigenvalue weighted by atomic mass is 10.0. The highest BCUT2D eigenvalue weighted by atomic mass is 32.1. The Morgan fingerprint density at radius 2 is 2.07 bits per heavy atom. The van der Waals surface area contributed by atoms with Gasteiger partial charge in [-0.3, -0.25) is 9.48 Å². The van der Waals surface area contributed by atoms with Gasteiger partial charge in [0.25, 0.3) is 0 Å². The van der Waals surface area contributed by atoms with E-state index in [4.69, 9.17) is 0 Å². The molecule has 6 nitrogen and oxygen atoms in total. The number of thiophene rings is 1. The van der Waals surface area contributed by atoms with Gasteiger partial charge in [0.15, 0.2) is 0 Å². The molecule has 0 saturated heterocycles. The van der Waals surface area contributed by atoms with Crippen molar-refractivity contribution in [3.8, 4) is 10.6 Å². The van der Waals surface area contributed by atoms with E-state index in [1.165, 1.54) is 0 Å². The molecule has 4 heterocycles. The van der Waals surface area contributed by atoms with Gasteiger partial charge in [0.1, 0.15) is 12.2 Å². The van der Waals surface area contributed by atoms with E-state index in [0.29, 0.717) is 0 Å². The van der Waals surface area contributed by atoms with Crippen molar-refractivity contribution in [2.75, 3.05) is 0 Å². The molecule has 0 fully saturated rings. The smallest absolute Gasteiger partial charge is 0.240 e. The van der Waals surface area contributed by atoms with Gasteiger partial charge in [0.2, 0.25) is 5.91 Å². The number of fused-ring (bicyclic) bond motifs is 1. The van der Waals surface area contributed by atoms with Crippen LogP contribution in [-0.2, 0) is 17.9 Å². The van der Waals surface area contributed by atoms with Crippen LogP contribution in [0, 0.1) is 13.8 Å². The van der Waals surface area contributed by atoms with Crippen LogP contribution in [0.4, 0.5) is 0 Å². The molecule has 1 N–H and O–H groups in total. The third kappa shape index (κ3) is 3.65. The molecule has 0 aliphatic rings. The Balaban J connectivity index is 1.64. The monoisotopic (exact) mass is 421 g/mol. The van der Waals surface area contributed by atoms with Crippen molar-refractivity contribution < 1.29 is 4.79 Å². The number of carbonyl (C=O) groups excluding carboxylic acids is 1. The number of nitrogens with zero attached hydrogens (tertiary/aromatic N) is 4. The van der Waals surface area contributed by atoms with Crippen molar-refractivity contribution in [1.29, 1.82) is 0 Å². The van der Waals surface area contributed by atoms with Crippen molar-refractivity contribution in [3.63, 3.8) is 0 Å². The minimum Gasteiger partial charge on any atom is -0.348 e. The number of hydrogen-bond donors (Lipinski definition) is 1. The van der Waals surface area contributed by atoms with Crippen LogP contribution in [0.5, 0.6) is 0 Å². The van der Waals surface area contributed by atoms with Crippen molar-refractivity contribution in [1.82, 2.24) is 24.6 Å². The van der Waals surface area contributed by atoms with E-state index in [1.54, 1.807) is 17.5 Å². The van der Waals surface area contributed by atoms with Crippen LogP contribution >= 0.6 is 11.3 Å². The summed E-state index contributed by atoms with van der Waals surface area (Å²) in [5.74, 6) is -0.0224. The van der Waals surface area contributed by atoms with Gasteiger partial charge in [0.05, 0.1) is 22.3 Å². The van der Waals surface area contributed by atoms with Crippen LogP contribution in [0.1, 0.15) is 43.3 Å². The lowest BCUT2D eigenvalue weighted by molar-refractivity contribution is -0.122. The van der Waals surface area contributed by atoms with Crippen LogP contribution in [0.15, 0.2) is 41.9 Å². The standard InChI is InChI=1S/C23H27N5OS/c1-5-18(22-15(3)26-28(6-2)16(22)4)25-21(29)14-27-19(20-10-8-12-30-20)13-17-9-7-11-24-23(17)27/h7-13,18H,5-6,14H2,1-4H3,(H,25,29)/t18-/m1/s1. The molecule has 0 aromatic carbocycles. The third-order valence-electron chi connectivity index (χ3n) is 5.56. The number of rotatable bonds is 7. The van der Waals surface area contributed by atoms with Gasteiger partial charge in [-0.05, 0) is 56.8 Å². The molecule has 7 heteroatoms. The average Bonchev–Trinajstić information content (AvgIpc) is 3.45. The molecule has 30 heavy (non-hydrogen) atoms. The first-order valence-electron chi connectivity index (χ1n) is 10.3. The van der Waals surface area contributed by atoms with E-state index < -0.39 is 0 Å². The molecule has 156 valence electrons. The summed E-state index contributed by atoms with van der Waals surface area (Å²) in [6.45, 7) is 9.32. The second-order valence-electron chi connectivity index (χ2n) is 7.44. The molecule has 0 aliphatic heterocycles. The summed E-state index contributed by atoms with van der Waals surface area (Å²) in [6, 6.07) is 10.1. The van der Waals surface area contributed by atoms with Crippen LogP contribution in [0.2, 0.25) is 0 Å². The predicted molar refractivity (Wildman–Crippen MR) is 122 cm³/mol. The molecule has 4 aromatic rings.